The molecule has 12 heavy (non-hydrogen) atoms. The van der Waals surface area contributed by atoms with E-state index in [4.69, 9.17) is 23.2 Å². The van der Waals surface area contributed by atoms with E-state index in [1.165, 1.54) is 0 Å². The van der Waals surface area contributed by atoms with Gasteiger partial charge in [0.1, 0.15) is 0 Å². The second-order valence-corrected chi connectivity index (χ2v) is 3.14. The van der Waals surface area contributed by atoms with Crippen LogP contribution in [0.2, 0.25) is 10.0 Å². The summed E-state index contributed by atoms with van der Waals surface area (Å²) in [5.41, 5.74) is 0.865. The first-order chi connectivity index (χ1) is 5.75. The van der Waals surface area contributed by atoms with Crippen LogP contribution in [0.3, 0.4) is 0 Å². The largest absolute Gasteiger partial charge is 0.0838 e. The maximum atomic E-state index is 5.91. The SMILES string of the molecule is [CH2]CC=Cc1c(Cl)cccc1Cl. The average molecular weight is 200 g/mol. The van der Waals surface area contributed by atoms with Gasteiger partial charge in [-0.1, -0.05) is 41.4 Å². The van der Waals surface area contributed by atoms with Crippen LogP contribution in [0.4, 0.5) is 0 Å². The van der Waals surface area contributed by atoms with E-state index in [0.717, 1.165) is 12.0 Å². The van der Waals surface area contributed by atoms with Crippen molar-refractivity contribution in [2.75, 3.05) is 0 Å². The van der Waals surface area contributed by atoms with Gasteiger partial charge in [-0.15, -0.1) is 0 Å². The minimum Gasteiger partial charge on any atom is -0.0838 e. The van der Waals surface area contributed by atoms with Gasteiger partial charge in [0, 0.05) is 15.6 Å². The fraction of sp³-hybridized carbons (Fsp3) is 0.100. The summed E-state index contributed by atoms with van der Waals surface area (Å²) in [4.78, 5) is 0. The summed E-state index contributed by atoms with van der Waals surface area (Å²) in [6, 6.07) is 5.46. The minimum atomic E-state index is 0.673. The van der Waals surface area contributed by atoms with Gasteiger partial charge >= 0.3 is 0 Å². The topological polar surface area (TPSA) is 0 Å². The predicted octanol–water partition coefficient (Wildman–Crippen LogP) is 4.23. The zero-order valence-electron chi connectivity index (χ0n) is 6.56. The molecule has 0 unspecified atom stereocenters. The van der Waals surface area contributed by atoms with Crippen LogP contribution < -0.4 is 0 Å². The van der Waals surface area contributed by atoms with Gasteiger partial charge in [0.2, 0.25) is 0 Å². The summed E-state index contributed by atoms with van der Waals surface area (Å²) in [5.74, 6) is 0. The summed E-state index contributed by atoms with van der Waals surface area (Å²) in [6.07, 6.45) is 4.55. The van der Waals surface area contributed by atoms with Crippen LogP contribution in [-0.4, -0.2) is 0 Å². The Kier molecular flexibility index (Phi) is 3.64. The van der Waals surface area contributed by atoms with E-state index in [2.05, 4.69) is 6.92 Å². The minimum absolute atomic E-state index is 0.673. The molecule has 0 N–H and O–H groups in total. The number of hydrogen-bond donors (Lipinski definition) is 0. The molecule has 0 heterocycles. The molecule has 63 valence electrons. The highest BCUT2D eigenvalue weighted by Gasteiger charge is 1.99. The van der Waals surface area contributed by atoms with E-state index in [1.807, 2.05) is 30.4 Å². The molecule has 1 rings (SSSR count). The van der Waals surface area contributed by atoms with Crippen molar-refractivity contribution in [2.24, 2.45) is 0 Å². The van der Waals surface area contributed by atoms with Gasteiger partial charge in [-0.25, -0.2) is 0 Å². The number of allylic oxidation sites excluding steroid dienone is 1. The van der Waals surface area contributed by atoms with Crippen LogP contribution >= 0.6 is 23.2 Å². The summed E-state index contributed by atoms with van der Waals surface area (Å²) < 4.78 is 0. The Hall–Kier alpha value is -0.460. The molecule has 0 saturated heterocycles. The zero-order chi connectivity index (χ0) is 8.97. The lowest BCUT2D eigenvalue weighted by Gasteiger charge is -1.99. The van der Waals surface area contributed by atoms with Gasteiger partial charge in [-0.05, 0) is 25.5 Å². The van der Waals surface area contributed by atoms with Crippen molar-refractivity contribution in [3.8, 4) is 0 Å². The van der Waals surface area contributed by atoms with Crippen LogP contribution in [0.1, 0.15) is 12.0 Å². The quantitative estimate of drug-likeness (QED) is 0.669. The monoisotopic (exact) mass is 199 g/mol. The first kappa shape index (κ1) is 9.63. The van der Waals surface area contributed by atoms with Crippen molar-refractivity contribution >= 4 is 29.3 Å². The smallest absolute Gasteiger partial charge is 0.0493 e. The van der Waals surface area contributed by atoms with Gasteiger partial charge in [0.15, 0.2) is 0 Å². The molecule has 1 aromatic carbocycles. The van der Waals surface area contributed by atoms with Crippen molar-refractivity contribution in [2.45, 2.75) is 6.42 Å². The summed E-state index contributed by atoms with van der Waals surface area (Å²) in [6.45, 7) is 3.69. The van der Waals surface area contributed by atoms with Crippen LogP contribution in [0.15, 0.2) is 24.3 Å². The molecule has 0 aliphatic heterocycles. The predicted molar refractivity (Wildman–Crippen MR) is 55.5 cm³/mol. The Bertz CT molecular complexity index is 270. The summed E-state index contributed by atoms with van der Waals surface area (Å²) in [7, 11) is 0. The van der Waals surface area contributed by atoms with Crippen molar-refractivity contribution in [3.63, 3.8) is 0 Å². The van der Waals surface area contributed by atoms with E-state index in [0.29, 0.717) is 10.0 Å². The maximum absolute atomic E-state index is 5.91. The van der Waals surface area contributed by atoms with E-state index in [9.17, 15) is 0 Å². The molecule has 0 bridgehead atoms. The Morgan fingerprint density at radius 3 is 2.33 bits per heavy atom. The van der Waals surface area contributed by atoms with E-state index in [1.54, 1.807) is 0 Å². The molecule has 0 aromatic heterocycles. The van der Waals surface area contributed by atoms with Gasteiger partial charge < -0.3 is 0 Å². The molecule has 0 nitrogen and oxygen atoms in total. The molecule has 0 aliphatic rings. The van der Waals surface area contributed by atoms with E-state index in [-0.39, 0.29) is 0 Å². The van der Waals surface area contributed by atoms with Crippen LogP contribution in [0.25, 0.3) is 6.08 Å². The average Bonchev–Trinajstić information content (AvgIpc) is 2.04. The number of rotatable bonds is 2. The van der Waals surface area contributed by atoms with Gasteiger partial charge in [0.05, 0.1) is 0 Å². The lowest BCUT2D eigenvalue weighted by molar-refractivity contribution is 1.42. The standard InChI is InChI=1S/C10H9Cl2/c1-2-3-5-8-9(11)6-4-7-10(8)12/h3-7H,1-2H2. The lowest BCUT2D eigenvalue weighted by Crippen LogP contribution is -1.76. The summed E-state index contributed by atoms with van der Waals surface area (Å²) in [5, 5.41) is 1.35. The maximum Gasteiger partial charge on any atom is 0.0493 e. The Morgan fingerprint density at radius 1 is 1.25 bits per heavy atom. The first-order valence-electron chi connectivity index (χ1n) is 3.65. The van der Waals surface area contributed by atoms with Gasteiger partial charge in [-0.3, -0.25) is 0 Å². The molecule has 0 spiro atoms. The second kappa shape index (κ2) is 4.54. The van der Waals surface area contributed by atoms with Crippen molar-refractivity contribution in [1.29, 1.82) is 0 Å². The fourth-order valence-corrected chi connectivity index (χ4v) is 1.39. The van der Waals surface area contributed by atoms with Crippen molar-refractivity contribution in [1.82, 2.24) is 0 Å². The van der Waals surface area contributed by atoms with Crippen molar-refractivity contribution in [3.05, 3.63) is 46.8 Å². The zero-order valence-corrected chi connectivity index (χ0v) is 8.07. The molecule has 0 fully saturated rings. The molecular weight excluding hydrogens is 191 g/mol. The Labute approximate surface area is 82.8 Å². The van der Waals surface area contributed by atoms with Crippen LogP contribution in [0, 0.1) is 6.92 Å². The normalized spacial score (nSPS) is 10.9. The third-order valence-corrected chi connectivity index (χ3v) is 2.11. The molecule has 0 aliphatic carbocycles. The third-order valence-electron chi connectivity index (χ3n) is 1.45. The third kappa shape index (κ3) is 2.26. The van der Waals surface area contributed by atoms with Crippen LogP contribution in [0.5, 0.6) is 0 Å². The fourth-order valence-electron chi connectivity index (χ4n) is 0.871. The van der Waals surface area contributed by atoms with E-state index >= 15 is 0 Å². The van der Waals surface area contributed by atoms with Gasteiger partial charge in [-0.2, -0.15) is 0 Å². The highest BCUT2D eigenvalue weighted by Crippen LogP contribution is 2.25. The number of halogens is 2. The number of hydrogen-bond acceptors (Lipinski definition) is 0. The molecule has 0 atom stereocenters. The van der Waals surface area contributed by atoms with Gasteiger partial charge in [0.25, 0.3) is 0 Å². The number of benzene rings is 1. The lowest BCUT2D eigenvalue weighted by atomic mass is 10.2. The summed E-state index contributed by atoms with van der Waals surface area (Å²) >= 11 is 11.8. The van der Waals surface area contributed by atoms with Crippen LogP contribution in [-0.2, 0) is 0 Å². The second-order valence-electron chi connectivity index (χ2n) is 2.33. The molecule has 2 heteroatoms. The highest BCUT2D eigenvalue weighted by molar-refractivity contribution is 6.37. The Morgan fingerprint density at radius 2 is 1.83 bits per heavy atom. The highest BCUT2D eigenvalue weighted by atomic mass is 35.5. The van der Waals surface area contributed by atoms with Crippen molar-refractivity contribution < 1.29 is 0 Å². The van der Waals surface area contributed by atoms with E-state index < -0.39 is 0 Å². The first-order valence-corrected chi connectivity index (χ1v) is 4.41. The molecule has 1 radical (unpaired) electrons. The molecule has 0 saturated carbocycles. The molecule has 1 aromatic rings. The Balaban J connectivity index is 3.04. The molecular formula is C10H9Cl2. The molecule has 0 amide bonds.